The van der Waals surface area contributed by atoms with Gasteiger partial charge in [0.1, 0.15) is 11.9 Å². The highest BCUT2D eigenvalue weighted by Crippen LogP contribution is 2.31. The topological polar surface area (TPSA) is 18.5 Å². The molecular weight excluding hydrogens is 268 g/mol. The molecule has 3 heteroatoms. The summed E-state index contributed by atoms with van der Waals surface area (Å²) in [5, 5.41) is 0. The zero-order valence-electron chi connectivity index (χ0n) is 9.92. The van der Waals surface area contributed by atoms with Gasteiger partial charge in [0.2, 0.25) is 0 Å². The van der Waals surface area contributed by atoms with Crippen LogP contribution in [0.3, 0.4) is 0 Å². The van der Waals surface area contributed by atoms with Crippen LogP contribution in [0.5, 0.6) is 5.75 Å². The number of hydrogen-bond acceptors (Lipinski definition) is 2. The van der Waals surface area contributed by atoms with E-state index in [2.05, 4.69) is 41.9 Å². The summed E-state index contributed by atoms with van der Waals surface area (Å²) in [7, 11) is 1.76. The summed E-state index contributed by atoms with van der Waals surface area (Å²) in [6.07, 6.45) is 2.72. The molecule has 2 rings (SSSR count). The van der Waals surface area contributed by atoms with E-state index in [1.54, 1.807) is 7.11 Å². The third-order valence-corrected chi connectivity index (χ3v) is 4.35. The van der Waals surface area contributed by atoms with Crippen LogP contribution >= 0.6 is 15.9 Å². The van der Waals surface area contributed by atoms with Crippen molar-refractivity contribution in [2.24, 2.45) is 0 Å². The van der Waals surface area contributed by atoms with Gasteiger partial charge in [-0.1, -0.05) is 15.9 Å². The molecule has 16 heavy (non-hydrogen) atoms. The highest BCUT2D eigenvalue weighted by Gasteiger charge is 2.30. The van der Waals surface area contributed by atoms with Crippen LogP contribution in [0.15, 0.2) is 16.6 Å². The van der Waals surface area contributed by atoms with E-state index in [9.17, 15) is 0 Å². The summed E-state index contributed by atoms with van der Waals surface area (Å²) in [5.41, 5.74) is 2.44. The van der Waals surface area contributed by atoms with Gasteiger partial charge in [0.05, 0.1) is 6.10 Å². The van der Waals surface area contributed by atoms with Gasteiger partial charge in [0.15, 0.2) is 0 Å². The molecule has 0 amide bonds. The predicted molar refractivity (Wildman–Crippen MR) is 68.1 cm³/mol. The molecule has 1 fully saturated rings. The fraction of sp³-hybridized carbons (Fsp3) is 0.538. The van der Waals surface area contributed by atoms with Crippen molar-refractivity contribution in [1.82, 2.24) is 0 Å². The summed E-state index contributed by atoms with van der Waals surface area (Å²) in [5.74, 6) is 0.970. The number of hydrogen-bond donors (Lipinski definition) is 0. The van der Waals surface area contributed by atoms with Crippen molar-refractivity contribution in [3.8, 4) is 5.75 Å². The fourth-order valence-electron chi connectivity index (χ4n) is 1.97. The first-order valence-electron chi connectivity index (χ1n) is 5.56. The van der Waals surface area contributed by atoms with Gasteiger partial charge in [-0.05, 0) is 37.1 Å². The molecule has 0 heterocycles. The van der Waals surface area contributed by atoms with Crippen LogP contribution in [0.2, 0.25) is 0 Å². The minimum absolute atomic E-state index is 0.324. The van der Waals surface area contributed by atoms with E-state index in [1.807, 2.05) is 0 Å². The lowest BCUT2D eigenvalue weighted by Crippen LogP contribution is -2.38. The molecule has 1 aliphatic carbocycles. The molecule has 0 N–H and O–H groups in total. The highest BCUT2D eigenvalue weighted by atomic mass is 79.9. The molecule has 0 spiro atoms. The van der Waals surface area contributed by atoms with E-state index in [0.717, 1.165) is 18.6 Å². The lowest BCUT2D eigenvalue weighted by Gasteiger charge is -2.34. The van der Waals surface area contributed by atoms with Crippen LogP contribution in [0.4, 0.5) is 0 Å². The molecule has 0 aromatic heterocycles. The Kier molecular flexibility index (Phi) is 3.55. The van der Waals surface area contributed by atoms with Crippen molar-refractivity contribution in [2.45, 2.75) is 38.9 Å². The first kappa shape index (κ1) is 11.9. The van der Waals surface area contributed by atoms with E-state index in [1.165, 1.54) is 15.6 Å². The van der Waals surface area contributed by atoms with Gasteiger partial charge in [-0.3, -0.25) is 0 Å². The van der Waals surface area contributed by atoms with E-state index in [4.69, 9.17) is 9.47 Å². The molecule has 1 saturated carbocycles. The number of ether oxygens (including phenoxy) is 2. The number of rotatable bonds is 3. The van der Waals surface area contributed by atoms with Crippen LogP contribution in [0.25, 0.3) is 0 Å². The summed E-state index contributed by atoms with van der Waals surface area (Å²) >= 11 is 3.56. The van der Waals surface area contributed by atoms with Gasteiger partial charge < -0.3 is 9.47 Å². The molecular formula is C13H17BrO2. The lowest BCUT2D eigenvalue weighted by molar-refractivity contribution is -0.0381. The average molecular weight is 285 g/mol. The largest absolute Gasteiger partial charge is 0.490 e. The minimum atomic E-state index is 0.324. The molecule has 0 atom stereocenters. The molecule has 0 saturated heterocycles. The van der Waals surface area contributed by atoms with Crippen molar-refractivity contribution in [3.63, 3.8) is 0 Å². The van der Waals surface area contributed by atoms with Crippen molar-refractivity contribution >= 4 is 15.9 Å². The Balaban J connectivity index is 2.01. The van der Waals surface area contributed by atoms with Gasteiger partial charge in [-0.2, -0.15) is 0 Å². The number of benzene rings is 1. The number of methoxy groups -OCH3 is 1. The Bertz CT molecular complexity index is 361. The Hall–Kier alpha value is -0.540. The number of aryl methyl sites for hydroxylation is 2. The standard InChI is InChI=1S/C13H17BrO2/c1-8-4-11(5-9(2)13(8)14)16-12-6-10(7-12)15-3/h4-5,10,12H,6-7H2,1-3H3. The second-order valence-corrected chi connectivity index (χ2v) is 5.23. The van der Waals surface area contributed by atoms with Crippen LogP contribution in [-0.4, -0.2) is 19.3 Å². The third kappa shape index (κ3) is 2.41. The van der Waals surface area contributed by atoms with Gasteiger partial charge >= 0.3 is 0 Å². The fourth-order valence-corrected chi connectivity index (χ4v) is 2.20. The molecule has 2 nitrogen and oxygen atoms in total. The van der Waals surface area contributed by atoms with Gasteiger partial charge in [0.25, 0.3) is 0 Å². The Morgan fingerprint density at radius 2 is 1.69 bits per heavy atom. The van der Waals surface area contributed by atoms with E-state index < -0.39 is 0 Å². The molecule has 1 aliphatic rings. The molecule has 0 radical (unpaired) electrons. The summed E-state index contributed by atoms with van der Waals surface area (Å²) in [4.78, 5) is 0. The first-order valence-corrected chi connectivity index (χ1v) is 6.35. The second-order valence-electron chi connectivity index (χ2n) is 4.44. The van der Waals surface area contributed by atoms with Crippen LogP contribution in [0, 0.1) is 13.8 Å². The summed E-state index contributed by atoms with van der Waals surface area (Å²) < 4.78 is 12.3. The molecule has 0 unspecified atom stereocenters. The van der Waals surface area contributed by atoms with Gasteiger partial charge in [-0.25, -0.2) is 0 Å². The molecule has 88 valence electrons. The maximum absolute atomic E-state index is 5.90. The zero-order chi connectivity index (χ0) is 11.7. The maximum Gasteiger partial charge on any atom is 0.120 e. The average Bonchev–Trinajstić information content (AvgIpc) is 2.19. The van der Waals surface area contributed by atoms with Gasteiger partial charge in [-0.15, -0.1) is 0 Å². The second kappa shape index (κ2) is 4.76. The quantitative estimate of drug-likeness (QED) is 0.844. The van der Waals surface area contributed by atoms with E-state index >= 15 is 0 Å². The van der Waals surface area contributed by atoms with Crippen molar-refractivity contribution < 1.29 is 9.47 Å². The van der Waals surface area contributed by atoms with Crippen molar-refractivity contribution in [1.29, 1.82) is 0 Å². The smallest absolute Gasteiger partial charge is 0.120 e. The highest BCUT2D eigenvalue weighted by molar-refractivity contribution is 9.10. The predicted octanol–water partition coefficient (Wildman–Crippen LogP) is 3.62. The Morgan fingerprint density at radius 1 is 1.12 bits per heavy atom. The monoisotopic (exact) mass is 284 g/mol. The molecule has 1 aromatic carbocycles. The lowest BCUT2D eigenvalue weighted by atomic mass is 9.92. The normalized spacial score (nSPS) is 24.0. The summed E-state index contributed by atoms with van der Waals surface area (Å²) in [6.45, 7) is 4.17. The first-order chi connectivity index (χ1) is 7.60. The van der Waals surface area contributed by atoms with E-state index in [0.29, 0.717) is 12.2 Å². The van der Waals surface area contributed by atoms with E-state index in [-0.39, 0.29) is 0 Å². The van der Waals surface area contributed by atoms with Crippen molar-refractivity contribution in [2.75, 3.05) is 7.11 Å². The molecule has 0 bridgehead atoms. The molecule has 1 aromatic rings. The SMILES string of the molecule is COC1CC(Oc2cc(C)c(Br)c(C)c2)C1. The van der Waals surface area contributed by atoms with Gasteiger partial charge in [0, 0.05) is 24.4 Å². The number of halogens is 1. The minimum Gasteiger partial charge on any atom is -0.490 e. The third-order valence-electron chi connectivity index (χ3n) is 3.10. The molecule has 0 aliphatic heterocycles. The van der Waals surface area contributed by atoms with Crippen LogP contribution in [0.1, 0.15) is 24.0 Å². The van der Waals surface area contributed by atoms with Crippen LogP contribution in [-0.2, 0) is 4.74 Å². The van der Waals surface area contributed by atoms with Crippen molar-refractivity contribution in [3.05, 3.63) is 27.7 Å². The van der Waals surface area contributed by atoms with Crippen LogP contribution < -0.4 is 4.74 Å². The Morgan fingerprint density at radius 3 is 2.19 bits per heavy atom. The zero-order valence-corrected chi connectivity index (χ0v) is 11.5. The summed E-state index contributed by atoms with van der Waals surface area (Å²) in [6, 6.07) is 4.16. The Labute approximate surface area is 105 Å². The maximum atomic E-state index is 5.90.